The van der Waals surface area contributed by atoms with Crippen molar-refractivity contribution in [2.45, 2.75) is 33.1 Å². The van der Waals surface area contributed by atoms with Gasteiger partial charge in [0, 0.05) is 11.1 Å². The smallest absolute Gasteiger partial charge is 0.167 e. The van der Waals surface area contributed by atoms with Crippen LogP contribution in [-0.2, 0) is 12.8 Å². The fourth-order valence-electron chi connectivity index (χ4n) is 2.33. The maximum absolute atomic E-state index is 14.1. The van der Waals surface area contributed by atoms with Gasteiger partial charge in [0.2, 0.25) is 0 Å². The molecule has 4 heteroatoms. The highest BCUT2D eigenvalue weighted by molar-refractivity contribution is 5.66. The van der Waals surface area contributed by atoms with Crippen molar-refractivity contribution in [1.82, 2.24) is 0 Å². The van der Waals surface area contributed by atoms with E-state index in [9.17, 15) is 17.6 Å². The molecule has 0 heterocycles. The summed E-state index contributed by atoms with van der Waals surface area (Å²) >= 11 is 0. The molecule has 0 fully saturated rings. The first-order valence-electron chi connectivity index (χ1n) is 6.95. The molecule has 0 unspecified atom stereocenters. The van der Waals surface area contributed by atoms with Gasteiger partial charge in [0.25, 0.3) is 0 Å². The average Bonchev–Trinajstić information content (AvgIpc) is 2.48. The van der Waals surface area contributed by atoms with E-state index in [4.69, 9.17) is 0 Å². The van der Waals surface area contributed by atoms with Crippen LogP contribution in [0.3, 0.4) is 0 Å². The third-order valence-corrected chi connectivity index (χ3v) is 3.51. The van der Waals surface area contributed by atoms with Crippen molar-refractivity contribution in [2.24, 2.45) is 0 Å². The van der Waals surface area contributed by atoms with Gasteiger partial charge in [-0.25, -0.2) is 17.6 Å². The van der Waals surface area contributed by atoms with Crippen LogP contribution in [0.4, 0.5) is 17.6 Å². The number of hydrogen-bond acceptors (Lipinski definition) is 0. The van der Waals surface area contributed by atoms with Crippen molar-refractivity contribution in [1.29, 1.82) is 0 Å². The molecule has 2 aromatic rings. The van der Waals surface area contributed by atoms with E-state index < -0.39 is 23.3 Å². The Morgan fingerprint density at radius 2 is 1.14 bits per heavy atom. The zero-order valence-electron chi connectivity index (χ0n) is 11.9. The van der Waals surface area contributed by atoms with E-state index in [1.165, 1.54) is 24.3 Å². The van der Waals surface area contributed by atoms with Gasteiger partial charge in [-0.15, -0.1) is 0 Å². The van der Waals surface area contributed by atoms with Crippen molar-refractivity contribution in [3.8, 4) is 11.1 Å². The van der Waals surface area contributed by atoms with Gasteiger partial charge in [0.1, 0.15) is 0 Å². The zero-order chi connectivity index (χ0) is 15.6. The summed E-state index contributed by atoms with van der Waals surface area (Å²) in [4.78, 5) is 0. The molecule has 2 rings (SSSR count). The zero-order valence-corrected chi connectivity index (χ0v) is 11.9. The van der Waals surface area contributed by atoms with Gasteiger partial charge in [-0.1, -0.05) is 44.5 Å². The second-order valence-corrected chi connectivity index (χ2v) is 4.90. The van der Waals surface area contributed by atoms with Gasteiger partial charge in [-0.05, 0) is 24.0 Å². The third-order valence-electron chi connectivity index (χ3n) is 3.51. The molecule has 0 saturated carbocycles. The fraction of sp³-hybridized carbons (Fsp3) is 0.294. The van der Waals surface area contributed by atoms with E-state index in [-0.39, 0.29) is 22.3 Å². The molecule has 0 nitrogen and oxygen atoms in total. The van der Waals surface area contributed by atoms with Gasteiger partial charge < -0.3 is 0 Å². The Kier molecular flexibility index (Phi) is 4.66. The predicted molar refractivity (Wildman–Crippen MR) is 75.1 cm³/mol. The minimum atomic E-state index is -1.14. The molecule has 0 spiro atoms. The normalized spacial score (nSPS) is 11.0. The first-order chi connectivity index (χ1) is 10.0. The van der Waals surface area contributed by atoms with E-state index in [1.807, 2.05) is 6.92 Å². The fourth-order valence-corrected chi connectivity index (χ4v) is 2.33. The topological polar surface area (TPSA) is 0 Å². The van der Waals surface area contributed by atoms with Crippen LogP contribution in [0.1, 0.15) is 31.4 Å². The first kappa shape index (κ1) is 15.5. The molecule has 0 atom stereocenters. The minimum absolute atomic E-state index is 0.208. The number of aryl methyl sites for hydroxylation is 2. The van der Waals surface area contributed by atoms with E-state index in [2.05, 4.69) is 0 Å². The molecule has 2 aromatic carbocycles. The Labute approximate surface area is 121 Å². The highest BCUT2D eigenvalue weighted by Gasteiger charge is 2.19. The van der Waals surface area contributed by atoms with Gasteiger partial charge in [0.15, 0.2) is 23.3 Å². The van der Waals surface area contributed by atoms with Crippen LogP contribution in [-0.4, -0.2) is 0 Å². The number of rotatable bonds is 4. The molecular formula is C17H16F4. The lowest BCUT2D eigenvalue weighted by Crippen LogP contribution is -2.01. The van der Waals surface area contributed by atoms with Gasteiger partial charge in [-0.3, -0.25) is 0 Å². The van der Waals surface area contributed by atoms with Gasteiger partial charge >= 0.3 is 0 Å². The SMILES string of the molecule is CCCc1ccc(-c2ccc(CC)c(F)c2F)c(F)c1F. The van der Waals surface area contributed by atoms with Crippen LogP contribution in [0.25, 0.3) is 11.1 Å². The summed E-state index contributed by atoms with van der Waals surface area (Å²) in [6.45, 7) is 3.54. The van der Waals surface area contributed by atoms with Crippen molar-refractivity contribution < 1.29 is 17.6 Å². The van der Waals surface area contributed by atoms with Gasteiger partial charge in [-0.2, -0.15) is 0 Å². The molecule has 0 amide bonds. The molecule has 0 aliphatic rings. The minimum Gasteiger partial charge on any atom is -0.203 e. The Morgan fingerprint density at radius 3 is 1.62 bits per heavy atom. The van der Waals surface area contributed by atoms with Crippen molar-refractivity contribution in [3.63, 3.8) is 0 Å². The molecule has 112 valence electrons. The highest BCUT2D eigenvalue weighted by atomic mass is 19.2. The molecule has 0 N–H and O–H groups in total. The summed E-state index contributed by atoms with van der Waals surface area (Å²) in [5, 5.41) is 0. The summed E-state index contributed by atoms with van der Waals surface area (Å²) in [7, 11) is 0. The summed E-state index contributed by atoms with van der Waals surface area (Å²) in [6, 6.07) is 5.40. The maximum Gasteiger partial charge on any atom is 0.167 e. The Balaban J connectivity index is 2.58. The maximum atomic E-state index is 14.1. The molecule has 0 radical (unpaired) electrons. The highest BCUT2D eigenvalue weighted by Crippen LogP contribution is 2.31. The quantitative estimate of drug-likeness (QED) is 0.660. The molecule has 0 aromatic heterocycles. The molecule has 0 aliphatic carbocycles. The van der Waals surface area contributed by atoms with Crippen LogP contribution in [0.5, 0.6) is 0 Å². The second kappa shape index (κ2) is 6.29. The largest absolute Gasteiger partial charge is 0.203 e. The standard InChI is InChI=1S/C17H16F4/c1-3-5-11-7-9-13(17(21)15(11)19)12-8-6-10(4-2)14(18)16(12)20/h6-9H,3-5H2,1-2H3. The average molecular weight is 296 g/mol. The van der Waals surface area contributed by atoms with Gasteiger partial charge in [0.05, 0.1) is 0 Å². The lowest BCUT2D eigenvalue weighted by molar-refractivity contribution is 0.492. The summed E-state index contributed by atoms with van der Waals surface area (Å²) in [5.41, 5.74) is -0.0694. The first-order valence-corrected chi connectivity index (χ1v) is 6.95. The van der Waals surface area contributed by atoms with Crippen LogP contribution in [0.2, 0.25) is 0 Å². The summed E-state index contributed by atoms with van der Waals surface area (Å²) in [6.07, 6.45) is 1.40. The van der Waals surface area contributed by atoms with Crippen LogP contribution in [0, 0.1) is 23.3 Å². The van der Waals surface area contributed by atoms with Crippen molar-refractivity contribution in [2.75, 3.05) is 0 Å². The van der Waals surface area contributed by atoms with Crippen molar-refractivity contribution >= 4 is 0 Å². The summed E-state index contributed by atoms with van der Waals surface area (Å²) in [5.74, 6) is -4.28. The molecule has 0 aliphatic heterocycles. The lowest BCUT2D eigenvalue weighted by atomic mass is 9.98. The lowest BCUT2D eigenvalue weighted by Gasteiger charge is -2.11. The molecular weight excluding hydrogens is 280 g/mol. The number of halogens is 4. The Morgan fingerprint density at radius 1 is 0.667 bits per heavy atom. The summed E-state index contributed by atoms with van der Waals surface area (Å²) < 4.78 is 55.8. The number of hydrogen-bond donors (Lipinski definition) is 0. The van der Waals surface area contributed by atoms with Crippen molar-refractivity contribution in [3.05, 3.63) is 58.7 Å². The monoisotopic (exact) mass is 296 g/mol. The van der Waals surface area contributed by atoms with E-state index in [0.717, 1.165) is 0 Å². The molecule has 0 bridgehead atoms. The number of benzene rings is 2. The second-order valence-electron chi connectivity index (χ2n) is 4.90. The Hall–Kier alpha value is -1.84. The van der Waals surface area contributed by atoms with Crippen LogP contribution in [0.15, 0.2) is 24.3 Å². The molecule has 0 saturated heterocycles. The third kappa shape index (κ3) is 2.80. The molecule has 21 heavy (non-hydrogen) atoms. The van der Waals surface area contributed by atoms with Crippen LogP contribution >= 0.6 is 0 Å². The van der Waals surface area contributed by atoms with E-state index >= 15 is 0 Å². The van der Waals surface area contributed by atoms with E-state index in [1.54, 1.807) is 6.92 Å². The predicted octanol–water partition coefficient (Wildman–Crippen LogP) is 5.42. The van der Waals surface area contributed by atoms with Crippen LogP contribution < -0.4 is 0 Å². The van der Waals surface area contributed by atoms with E-state index in [0.29, 0.717) is 19.3 Å². The Bertz CT molecular complexity index is 662.